The van der Waals surface area contributed by atoms with Crippen molar-refractivity contribution in [2.24, 2.45) is 0 Å². The van der Waals surface area contributed by atoms with E-state index in [-0.39, 0.29) is 5.97 Å². The summed E-state index contributed by atoms with van der Waals surface area (Å²) in [6.45, 7) is 7.04. The Morgan fingerprint density at radius 1 is 1.15 bits per heavy atom. The van der Waals surface area contributed by atoms with E-state index in [9.17, 15) is 4.79 Å². The Balaban J connectivity index is 3.01. The SMILES string of the molecule is CCOC(=O)C=Cc1cc(Br)c(OCC)c(OCC)c1. The summed E-state index contributed by atoms with van der Waals surface area (Å²) in [4.78, 5) is 11.3. The quantitative estimate of drug-likeness (QED) is 0.558. The summed E-state index contributed by atoms with van der Waals surface area (Å²) in [5, 5.41) is 0. The molecular formula is C15H19BrO4. The van der Waals surface area contributed by atoms with E-state index >= 15 is 0 Å². The fraction of sp³-hybridized carbons (Fsp3) is 0.400. The largest absolute Gasteiger partial charge is 0.490 e. The lowest BCUT2D eigenvalue weighted by molar-refractivity contribution is -0.137. The van der Waals surface area contributed by atoms with Crippen LogP contribution in [-0.4, -0.2) is 25.8 Å². The maximum absolute atomic E-state index is 11.3. The fourth-order valence-electron chi connectivity index (χ4n) is 1.59. The zero-order valence-electron chi connectivity index (χ0n) is 11.9. The Bertz CT molecular complexity index is 483. The Labute approximate surface area is 127 Å². The van der Waals surface area contributed by atoms with Crippen LogP contribution < -0.4 is 9.47 Å². The smallest absolute Gasteiger partial charge is 0.330 e. The summed E-state index contributed by atoms with van der Waals surface area (Å²) in [5.74, 6) is 0.949. The van der Waals surface area contributed by atoms with Gasteiger partial charge in [-0.05, 0) is 60.5 Å². The van der Waals surface area contributed by atoms with Crippen molar-refractivity contribution in [3.05, 3.63) is 28.2 Å². The lowest BCUT2D eigenvalue weighted by Crippen LogP contribution is -2.00. The predicted octanol–water partition coefficient (Wildman–Crippen LogP) is 3.82. The summed E-state index contributed by atoms with van der Waals surface area (Å²) >= 11 is 3.45. The van der Waals surface area contributed by atoms with Gasteiger partial charge in [0.15, 0.2) is 11.5 Å². The second kappa shape index (κ2) is 8.64. The molecule has 0 aliphatic rings. The molecule has 0 saturated heterocycles. The number of benzene rings is 1. The normalized spacial score (nSPS) is 10.6. The van der Waals surface area contributed by atoms with Crippen molar-refractivity contribution in [1.82, 2.24) is 0 Å². The van der Waals surface area contributed by atoms with Gasteiger partial charge in [-0.15, -0.1) is 0 Å². The van der Waals surface area contributed by atoms with Gasteiger partial charge in [0.25, 0.3) is 0 Å². The molecular weight excluding hydrogens is 324 g/mol. The third kappa shape index (κ3) is 4.89. The van der Waals surface area contributed by atoms with Gasteiger partial charge in [0, 0.05) is 6.08 Å². The Morgan fingerprint density at radius 3 is 2.45 bits per heavy atom. The van der Waals surface area contributed by atoms with Crippen LogP contribution >= 0.6 is 15.9 Å². The molecule has 0 spiro atoms. The number of esters is 1. The zero-order valence-corrected chi connectivity index (χ0v) is 13.5. The van der Waals surface area contributed by atoms with Crippen LogP contribution in [0.5, 0.6) is 11.5 Å². The van der Waals surface area contributed by atoms with Crippen LogP contribution in [0.25, 0.3) is 6.08 Å². The van der Waals surface area contributed by atoms with E-state index in [2.05, 4.69) is 15.9 Å². The molecule has 1 rings (SSSR count). The van der Waals surface area contributed by atoms with Gasteiger partial charge in [0.05, 0.1) is 24.3 Å². The molecule has 0 unspecified atom stereocenters. The van der Waals surface area contributed by atoms with Crippen LogP contribution in [0, 0.1) is 0 Å². The average Bonchev–Trinajstić information content (AvgIpc) is 2.41. The summed E-state index contributed by atoms with van der Waals surface area (Å²) in [6, 6.07) is 3.69. The lowest BCUT2D eigenvalue weighted by Gasteiger charge is -2.13. The highest BCUT2D eigenvalue weighted by Gasteiger charge is 2.11. The molecule has 0 amide bonds. The number of halogens is 1. The van der Waals surface area contributed by atoms with Gasteiger partial charge in [-0.25, -0.2) is 4.79 Å². The summed E-state index contributed by atoms with van der Waals surface area (Å²) in [6.07, 6.45) is 3.07. The van der Waals surface area contributed by atoms with Gasteiger partial charge in [0.2, 0.25) is 0 Å². The van der Waals surface area contributed by atoms with Gasteiger partial charge in [-0.3, -0.25) is 0 Å². The highest BCUT2D eigenvalue weighted by molar-refractivity contribution is 9.10. The van der Waals surface area contributed by atoms with Gasteiger partial charge in [-0.2, -0.15) is 0 Å². The molecule has 0 saturated carbocycles. The van der Waals surface area contributed by atoms with Crippen LogP contribution in [0.1, 0.15) is 26.3 Å². The molecule has 0 aromatic heterocycles. The first kappa shape index (κ1) is 16.6. The molecule has 0 atom stereocenters. The van der Waals surface area contributed by atoms with Crippen molar-refractivity contribution in [2.45, 2.75) is 20.8 Å². The zero-order chi connectivity index (χ0) is 15.0. The number of rotatable bonds is 7. The standard InChI is InChI=1S/C15H19BrO4/c1-4-18-13-10-11(7-8-14(17)19-5-2)9-12(16)15(13)20-6-3/h7-10H,4-6H2,1-3H3. The molecule has 0 radical (unpaired) electrons. The van der Waals surface area contributed by atoms with Crippen LogP contribution in [0.15, 0.2) is 22.7 Å². The van der Waals surface area contributed by atoms with Crippen LogP contribution in [0.2, 0.25) is 0 Å². The van der Waals surface area contributed by atoms with Gasteiger partial charge in [0.1, 0.15) is 0 Å². The molecule has 1 aromatic rings. The maximum atomic E-state index is 11.3. The summed E-state index contributed by atoms with van der Waals surface area (Å²) in [5.41, 5.74) is 0.830. The lowest BCUT2D eigenvalue weighted by atomic mass is 10.2. The Kier molecular flexibility index (Phi) is 7.15. The van der Waals surface area contributed by atoms with E-state index in [1.54, 1.807) is 13.0 Å². The molecule has 4 nitrogen and oxygen atoms in total. The topological polar surface area (TPSA) is 44.8 Å². The molecule has 5 heteroatoms. The third-order valence-corrected chi connectivity index (χ3v) is 2.91. The van der Waals surface area contributed by atoms with E-state index in [1.807, 2.05) is 26.0 Å². The molecule has 0 aliphatic carbocycles. The van der Waals surface area contributed by atoms with Crippen LogP contribution in [-0.2, 0) is 9.53 Å². The number of hydrogen-bond donors (Lipinski definition) is 0. The van der Waals surface area contributed by atoms with Crippen LogP contribution in [0.4, 0.5) is 0 Å². The van der Waals surface area contributed by atoms with Gasteiger partial charge >= 0.3 is 5.97 Å². The van der Waals surface area contributed by atoms with E-state index in [4.69, 9.17) is 14.2 Å². The minimum Gasteiger partial charge on any atom is -0.490 e. The molecule has 0 fully saturated rings. The monoisotopic (exact) mass is 342 g/mol. The Hall–Kier alpha value is -1.49. The van der Waals surface area contributed by atoms with Crippen molar-refractivity contribution in [1.29, 1.82) is 0 Å². The first-order valence-corrected chi connectivity index (χ1v) is 7.35. The van der Waals surface area contributed by atoms with E-state index in [0.717, 1.165) is 10.0 Å². The highest BCUT2D eigenvalue weighted by Crippen LogP contribution is 2.37. The average molecular weight is 343 g/mol. The first-order valence-electron chi connectivity index (χ1n) is 6.56. The second-order valence-electron chi connectivity index (χ2n) is 3.78. The van der Waals surface area contributed by atoms with Crippen molar-refractivity contribution in [3.8, 4) is 11.5 Å². The number of carbonyl (C=O) groups is 1. The van der Waals surface area contributed by atoms with E-state index < -0.39 is 0 Å². The second-order valence-corrected chi connectivity index (χ2v) is 4.64. The van der Waals surface area contributed by atoms with Crippen molar-refractivity contribution in [2.75, 3.05) is 19.8 Å². The summed E-state index contributed by atoms with van der Waals surface area (Å²) < 4.78 is 16.7. The molecule has 20 heavy (non-hydrogen) atoms. The van der Waals surface area contributed by atoms with Crippen molar-refractivity contribution < 1.29 is 19.0 Å². The molecule has 0 N–H and O–H groups in total. The summed E-state index contributed by atoms with van der Waals surface area (Å²) in [7, 11) is 0. The first-order chi connectivity index (χ1) is 9.62. The number of carbonyl (C=O) groups excluding carboxylic acids is 1. The molecule has 110 valence electrons. The molecule has 0 aliphatic heterocycles. The third-order valence-electron chi connectivity index (χ3n) is 2.32. The molecule has 1 aromatic carbocycles. The highest BCUT2D eigenvalue weighted by atomic mass is 79.9. The predicted molar refractivity (Wildman–Crippen MR) is 82.1 cm³/mol. The van der Waals surface area contributed by atoms with E-state index in [0.29, 0.717) is 31.3 Å². The maximum Gasteiger partial charge on any atom is 0.330 e. The molecule has 0 heterocycles. The van der Waals surface area contributed by atoms with E-state index in [1.165, 1.54) is 6.08 Å². The van der Waals surface area contributed by atoms with Gasteiger partial charge < -0.3 is 14.2 Å². The Morgan fingerprint density at radius 2 is 1.85 bits per heavy atom. The van der Waals surface area contributed by atoms with Crippen molar-refractivity contribution >= 4 is 28.0 Å². The fourth-order valence-corrected chi connectivity index (χ4v) is 2.16. The van der Waals surface area contributed by atoms with Crippen LogP contribution in [0.3, 0.4) is 0 Å². The number of ether oxygens (including phenoxy) is 3. The number of hydrogen-bond acceptors (Lipinski definition) is 4. The minimum absolute atomic E-state index is 0.361. The molecule has 0 bridgehead atoms. The minimum atomic E-state index is -0.365. The van der Waals surface area contributed by atoms with Gasteiger partial charge in [-0.1, -0.05) is 0 Å². The van der Waals surface area contributed by atoms with Crippen molar-refractivity contribution in [3.63, 3.8) is 0 Å².